The summed E-state index contributed by atoms with van der Waals surface area (Å²) in [5.41, 5.74) is 0.559. The lowest BCUT2D eigenvalue weighted by atomic mass is 10.1. The molecule has 0 saturated heterocycles. The fourth-order valence-corrected chi connectivity index (χ4v) is 3.77. The number of amides is 1. The maximum atomic E-state index is 12.9. The summed E-state index contributed by atoms with van der Waals surface area (Å²) < 4.78 is 11.8. The molecular weight excluding hydrogens is 368 g/mol. The highest BCUT2D eigenvalue weighted by atomic mass is 32.1. The molecular formula is C19H18N2O5S. The van der Waals surface area contributed by atoms with Crippen LogP contribution < -0.4 is 20.3 Å². The van der Waals surface area contributed by atoms with Gasteiger partial charge in [-0.1, -0.05) is 0 Å². The Morgan fingerprint density at radius 2 is 1.85 bits per heavy atom. The normalized spacial score (nSPS) is 10.7. The number of nitrogens with zero attached hydrogens (tertiary/aromatic N) is 1. The van der Waals surface area contributed by atoms with Crippen molar-refractivity contribution in [2.45, 2.75) is 13.8 Å². The van der Waals surface area contributed by atoms with Crippen LogP contribution in [0.2, 0.25) is 0 Å². The van der Waals surface area contributed by atoms with Crippen LogP contribution >= 0.6 is 11.3 Å². The number of aromatic nitrogens is 1. The van der Waals surface area contributed by atoms with Crippen LogP contribution in [-0.4, -0.2) is 23.6 Å². The molecule has 140 valence electrons. The van der Waals surface area contributed by atoms with Gasteiger partial charge in [0.2, 0.25) is 0 Å². The fraction of sp³-hybridized carbons (Fsp3) is 0.211. The molecule has 2 heterocycles. The number of hydrogen-bond acceptors (Lipinski definition) is 6. The summed E-state index contributed by atoms with van der Waals surface area (Å²) in [6.07, 6.45) is 0. The van der Waals surface area contributed by atoms with Crippen molar-refractivity contribution < 1.29 is 19.1 Å². The van der Waals surface area contributed by atoms with Gasteiger partial charge in [0.15, 0.2) is 5.75 Å². The zero-order chi connectivity index (χ0) is 19.7. The van der Waals surface area contributed by atoms with Crippen molar-refractivity contribution >= 4 is 39.1 Å². The zero-order valence-electron chi connectivity index (χ0n) is 15.3. The van der Waals surface area contributed by atoms with E-state index in [0.29, 0.717) is 21.7 Å². The predicted molar refractivity (Wildman–Crippen MR) is 104 cm³/mol. The largest absolute Gasteiger partial charge is 0.497 e. The number of thiophene rings is 1. The second kappa shape index (κ2) is 7.24. The SMILES string of the molecule is COc1ccc(NC(=O)c2c(OC(C)=O)c3c(C)csc3n(C)c2=O)cc1. The first-order valence-electron chi connectivity index (χ1n) is 8.08. The van der Waals surface area contributed by atoms with Gasteiger partial charge in [0.1, 0.15) is 16.1 Å². The summed E-state index contributed by atoms with van der Waals surface area (Å²) in [5.74, 6) is -0.622. The van der Waals surface area contributed by atoms with Crippen LogP contribution in [-0.2, 0) is 11.8 Å². The second-order valence-electron chi connectivity index (χ2n) is 5.94. The van der Waals surface area contributed by atoms with Crippen molar-refractivity contribution in [3.63, 3.8) is 0 Å². The van der Waals surface area contributed by atoms with Crippen LogP contribution in [0.4, 0.5) is 5.69 Å². The molecule has 27 heavy (non-hydrogen) atoms. The van der Waals surface area contributed by atoms with E-state index in [4.69, 9.17) is 9.47 Å². The minimum absolute atomic E-state index is 0.00892. The number of methoxy groups -OCH3 is 1. The van der Waals surface area contributed by atoms with Gasteiger partial charge in [-0.2, -0.15) is 0 Å². The van der Waals surface area contributed by atoms with Crippen LogP contribution in [0, 0.1) is 6.92 Å². The molecule has 0 saturated carbocycles. The monoisotopic (exact) mass is 386 g/mol. The fourth-order valence-electron chi connectivity index (χ4n) is 2.75. The topological polar surface area (TPSA) is 86.6 Å². The van der Waals surface area contributed by atoms with E-state index in [2.05, 4.69) is 5.32 Å². The lowest BCUT2D eigenvalue weighted by molar-refractivity contribution is -0.131. The molecule has 0 fully saturated rings. The number of esters is 1. The number of carbonyl (C=O) groups excluding carboxylic acids is 2. The Labute approximate surface area is 159 Å². The number of nitrogens with one attached hydrogen (secondary N) is 1. The highest BCUT2D eigenvalue weighted by Crippen LogP contribution is 2.34. The van der Waals surface area contributed by atoms with Gasteiger partial charge in [-0.15, -0.1) is 11.3 Å². The Hall–Kier alpha value is -3.13. The number of anilines is 1. The third-order valence-electron chi connectivity index (χ3n) is 4.05. The molecule has 7 nitrogen and oxygen atoms in total. The number of rotatable bonds is 4. The van der Waals surface area contributed by atoms with Crippen LogP contribution in [0.3, 0.4) is 0 Å². The van der Waals surface area contributed by atoms with Gasteiger partial charge >= 0.3 is 5.97 Å². The number of aryl methyl sites for hydroxylation is 2. The first-order valence-corrected chi connectivity index (χ1v) is 8.96. The molecule has 0 bridgehead atoms. The summed E-state index contributed by atoms with van der Waals surface area (Å²) >= 11 is 1.35. The Kier molecular flexibility index (Phi) is 5.00. The van der Waals surface area contributed by atoms with Gasteiger partial charge in [0.05, 0.1) is 12.5 Å². The number of ether oxygens (including phenoxy) is 2. The smallest absolute Gasteiger partial charge is 0.308 e. The van der Waals surface area contributed by atoms with E-state index in [9.17, 15) is 14.4 Å². The third-order valence-corrected chi connectivity index (χ3v) is 5.23. The first-order chi connectivity index (χ1) is 12.8. The minimum atomic E-state index is -0.649. The number of hydrogen-bond donors (Lipinski definition) is 1. The van der Waals surface area contributed by atoms with Gasteiger partial charge < -0.3 is 19.4 Å². The Morgan fingerprint density at radius 1 is 1.19 bits per heavy atom. The standard InChI is InChI=1S/C19H18N2O5S/c1-10-9-27-19-14(10)16(26-11(2)22)15(18(24)21(19)3)17(23)20-12-5-7-13(25-4)8-6-12/h5-9H,1-4H3,(H,20,23). The molecule has 0 spiro atoms. The molecule has 0 aliphatic carbocycles. The van der Waals surface area contributed by atoms with Crippen molar-refractivity contribution in [2.75, 3.05) is 12.4 Å². The number of benzene rings is 1. The van der Waals surface area contributed by atoms with Crippen LogP contribution in [0.1, 0.15) is 22.8 Å². The lowest BCUT2D eigenvalue weighted by Crippen LogP contribution is -2.29. The summed E-state index contributed by atoms with van der Waals surface area (Å²) in [6.45, 7) is 3.07. The number of fused-ring (bicyclic) bond motifs is 1. The first kappa shape index (κ1) is 18.7. The molecule has 8 heteroatoms. The van der Waals surface area contributed by atoms with Crippen LogP contribution in [0.5, 0.6) is 11.5 Å². The van der Waals surface area contributed by atoms with Crippen molar-refractivity contribution in [1.29, 1.82) is 0 Å². The quantitative estimate of drug-likeness (QED) is 0.697. The summed E-state index contributed by atoms with van der Waals surface area (Å²) in [7, 11) is 3.13. The maximum Gasteiger partial charge on any atom is 0.308 e. The number of pyridine rings is 1. The summed E-state index contributed by atoms with van der Waals surface area (Å²) in [4.78, 5) is 38.0. The van der Waals surface area contributed by atoms with Crippen LogP contribution in [0.15, 0.2) is 34.4 Å². The van der Waals surface area contributed by atoms with E-state index in [-0.39, 0.29) is 11.3 Å². The van der Waals surface area contributed by atoms with Crippen molar-refractivity contribution in [3.05, 3.63) is 51.1 Å². The summed E-state index contributed by atoms with van der Waals surface area (Å²) in [6, 6.07) is 6.68. The molecule has 3 aromatic rings. The van der Waals surface area contributed by atoms with E-state index < -0.39 is 17.4 Å². The lowest BCUT2D eigenvalue weighted by Gasteiger charge is -2.13. The third kappa shape index (κ3) is 3.43. The molecule has 2 aromatic heterocycles. The molecule has 0 unspecified atom stereocenters. The predicted octanol–water partition coefficient (Wildman–Crippen LogP) is 3.09. The van der Waals surface area contributed by atoms with Gasteiger partial charge in [-0.25, -0.2) is 0 Å². The second-order valence-corrected chi connectivity index (χ2v) is 6.80. The molecule has 1 aromatic carbocycles. The zero-order valence-corrected chi connectivity index (χ0v) is 16.1. The van der Waals surface area contributed by atoms with Crippen LogP contribution in [0.25, 0.3) is 10.2 Å². The highest BCUT2D eigenvalue weighted by molar-refractivity contribution is 7.17. The maximum absolute atomic E-state index is 12.9. The highest BCUT2D eigenvalue weighted by Gasteiger charge is 2.26. The van der Waals surface area contributed by atoms with Crippen molar-refractivity contribution in [2.24, 2.45) is 7.05 Å². The minimum Gasteiger partial charge on any atom is -0.497 e. The molecule has 0 radical (unpaired) electrons. The molecule has 1 N–H and O–H groups in total. The van der Waals surface area contributed by atoms with Crippen molar-refractivity contribution in [3.8, 4) is 11.5 Å². The molecule has 0 atom stereocenters. The van der Waals surface area contributed by atoms with E-state index in [1.807, 2.05) is 12.3 Å². The van der Waals surface area contributed by atoms with Gasteiger partial charge in [-0.05, 0) is 42.1 Å². The Morgan fingerprint density at radius 3 is 2.44 bits per heavy atom. The van der Waals surface area contributed by atoms with Crippen molar-refractivity contribution in [1.82, 2.24) is 4.57 Å². The average Bonchev–Trinajstić information content (AvgIpc) is 3.01. The van der Waals surface area contributed by atoms with E-state index in [1.165, 1.54) is 22.8 Å². The molecule has 0 aliphatic heterocycles. The molecule has 3 rings (SSSR count). The van der Waals surface area contributed by atoms with E-state index in [0.717, 1.165) is 5.56 Å². The van der Waals surface area contributed by atoms with Gasteiger partial charge in [0.25, 0.3) is 11.5 Å². The van der Waals surface area contributed by atoms with E-state index in [1.54, 1.807) is 38.4 Å². The Bertz CT molecular complexity index is 1100. The molecule has 1 amide bonds. The van der Waals surface area contributed by atoms with Gasteiger partial charge in [0, 0.05) is 19.7 Å². The summed E-state index contributed by atoms with van der Waals surface area (Å²) in [5, 5.41) is 5.10. The molecule has 0 aliphatic rings. The average molecular weight is 386 g/mol. The number of carbonyl (C=O) groups is 2. The Balaban J connectivity index is 2.14. The van der Waals surface area contributed by atoms with E-state index >= 15 is 0 Å². The van der Waals surface area contributed by atoms with Gasteiger partial charge in [-0.3, -0.25) is 14.4 Å².